The van der Waals surface area contributed by atoms with Crippen LogP contribution < -0.4 is 5.32 Å². The molecule has 0 fully saturated rings. The summed E-state index contributed by atoms with van der Waals surface area (Å²) >= 11 is 9.44. The molecule has 0 spiro atoms. The average molecular weight is 339 g/mol. The van der Waals surface area contributed by atoms with Gasteiger partial charge in [-0.15, -0.1) is 0 Å². The molecule has 1 N–H and O–H groups in total. The van der Waals surface area contributed by atoms with Gasteiger partial charge < -0.3 is 5.32 Å². The zero-order chi connectivity index (χ0) is 13.8. The van der Waals surface area contributed by atoms with E-state index in [0.29, 0.717) is 6.04 Å². The normalized spacial score (nSPS) is 12.4. The smallest absolute Gasteiger partial charge is 0.0548 e. The Morgan fingerprint density at radius 3 is 2.68 bits per heavy atom. The first-order valence-corrected chi connectivity index (χ1v) is 7.47. The summed E-state index contributed by atoms with van der Waals surface area (Å²) in [5.41, 5.74) is 3.82. The quantitative estimate of drug-likeness (QED) is 0.801. The van der Waals surface area contributed by atoms with Gasteiger partial charge in [-0.25, -0.2) is 0 Å². The van der Waals surface area contributed by atoms with E-state index in [1.165, 1.54) is 16.7 Å². The van der Waals surface area contributed by atoms with E-state index in [1.807, 2.05) is 12.1 Å². The predicted octanol–water partition coefficient (Wildman–Crippen LogP) is 5.26. The molecule has 2 rings (SSSR count). The second kappa shape index (κ2) is 6.56. The third-order valence-electron chi connectivity index (χ3n) is 3.14. The molecule has 0 aliphatic carbocycles. The maximum Gasteiger partial charge on any atom is 0.0548 e. The number of hydrogen-bond acceptors (Lipinski definition) is 1. The highest BCUT2D eigenvalue weighted by atomic mass is 79.9. The molecular weight excluding hydrogens is 322 g/mol. The SMILES string of the molecule is Cc1cccc([C@H](C)NCc2ccc(Cl)c(Br)c2)c1. The summed E-state index contributed by atoms with van der Waals surface area (Å²) < 4.78 is 0.941. The van der Waals surface area contributed by atoms with Gasteiger partial charge in [-0.05, 0) is 53.0 Å². The second-order valence-electron chi connectivity index (χ2n) is 4.77. The standard InChI is InChI=1S/C16H17BrClN/c1-11-4-3-5-14(8-11)12(2)19-10-13-6-7-16(18)15(17)9-13/h3-9,12,19H,10H2,1-2H3/t12-/m0/s1. The van der Waals surface area contributed by atoms with Gasteiger partial charge in [-0.3, -0.25) is 0 Å². The fraction of sp³-hybridized carbons (Fsp3) is 0.250. The minimum Gasteiger partial charge on any atom is -0.306 e. The Labute approximate surface area is 128 Å². The predicted molar refractivity (Wildman–Crippen MR) is 85.6 cm³/mol. The minimum atomic E-state index is 0.328. The van der Waals surface area contributed by atoms with E-state index in [0.717, 1.165) is 16.0 Å². The molecule has 1 atom stereocenters. The van der Waals surface area contributed by atoms with Crippen molar-refractivity contribution in [2.24, 2.45) is 0 Å². The molecule has 1 nitrogen and oxygen atoms in total. The highest BCUT2D eigenvalue weighted by molar-refractivity contribution is 9.10. The molecule has 19 heavy (non-hydrogen) atoms. The van der Waals surface area contributed by atoms with Crippen molar-refractivity contribution in [2.45, 2.75) is 26.4 Å². The Hall–Kier alpha value is -0.830. The molecule has 0 aliphatic heterocycles. The van der Waals surface area contributed by atoms with Gasteiger partial charge >= 0.3 is 0 Å². The Balaban J connectivity index is 2.00. The summed E-state index contributed by atoms with van der Waals surface area (Å²) in [6.07, 6.45) is 0. The van der Waals surface area contributed by atoms with Crippen LogP contribution in [0.15, 0.2) is 46.9 Å². The Bertz CT molecular complexity index is 568. The first-order chi connectivity index (χ1) is 9.06. The molecule has 0 aliphatic rings. The van der Waals surface area contributed by atoms with Crippen molar-refractivity contribution in [2.75, 3.05) is 0 Å². The van der Waals surface area contributed by atoms with Gasteiger partial charge in [0.25, 0.3) is 0 Å². The van der Waals surface area contributed by atoms with E-state index in [1.54, 1.807) is 0 Å². The third kappa shape index (κ3) is 4.07. The van der Waals surface area contributed by atoms with Gasteiger partial charge in [0.05, 0.1) is 5.02 Å². The second-order valence-corrected chi connectivity index (χ2v) is 6.03. The van der Waals surface area contributed by atoms with Crippen molar-refractivity contribution in [1.29, 1.82) is 0 Å². The van der Waals surface area contributed by atoms with Crippen LogP contribution in [0.2, 0.25) is 5.02 Å². The topological polar surface area (TPSA) is 12.0 Å². The molecule has 0 heterocycles. The summed E-state index contributed by atoms with van der Waals surface area (Å²) in [5, 5.41) is 4.27. The lowest BCUT2D eigenvalue weighted by atomic mass is 10.1. The van der Waals surface area contributed by atoms with E-state index in [2.05, 4.69) is 65.4 Å². The van der Waals surface area contributed by atoms with Gasteiger partial charge in [0.1, 0.15) is 0 Å². The molecule has 100 valence electrons. The Morgan fingerprint density at radius 1 is 1.21 bits per heavy atom. The minimum absolute atomic E-state index is 0.328. The summed E-state index contributed by atoms with van der Waals surface area (Å²) in [5.74, 6) is 0. The van der Waals surface area contributed by atoms with Crippen molar-refractivity contribution in [3.63, 3.8) is 0 Å². The van der Waals surface area contributed by atoms with Gasteiger partial charge in [0.2, 0.25) is 0 Å². The van der Waals surface area contributed by atoms with Crippen LogP contribution in [0.25, 0.3) is 0 Å². The van der Waals surface area contributed by atoms with Crippen molar-refractivity contribution < 1.29 is 0 Å². The first kappa shape index (κ1) is 14.6. The highest BCUT2D eigenvalue weighted by Gasteiger charge is 2.05. The van der Waals surface area contributed by atoms with Crippen molar-refractivity contribution in [1.82, 2.24) is 5.32 Å². The van der Waals surface area contributed by atoms with E-state index >= 15 is 0 Å². The van der Waals surface area contributed by atoms with E-state index in [4.69, 9.17) is 11.6 Å². The number of rotatable bonds is 4. The summed E-state index contributed by atoms with van der Waals surface area (Å²) in [6.45, 7) is 5.12. The number of halogens is 2. The van der Waals surface area contributed by atoms with Crippen LogP contribution in [-0.2, 0) is 6.54 Å². The molecule has 0 amide bonds. The lowest BCUT2D eigenvalue weighted by Crippen LogP contribution is -2.18. The molecule has 2 aromatic rings. The Kier molecular flexibility index (Phi) is 5.03. The van der Waals surface area contributed by atoms with Crippen LogP contribution >= 0.6 is 27.5 Å². The zero-order valence-corrected chi connectivity index (χ0v) is 13.4. The maximum atomic E-state index is 5.99. The van der Waals surface area contributed by atoms with Gasteiger partial charge in [-0.2, -0.15) is 0 Å². The number of hydrogen-bond donors (Lipinski definition) is 1. The van der Waals surface area contributed by atoms with Crippen LogP contribution in [0.4, 0.5) is 0 Å². The molecule has 0 saturated heterocycles. The van der Waals surface area contributed by atoms with Crippen LogP contribution in [0.3, 0.4) is 0 Å². The first-order valence-electron chi connectivity index (χ1n) is 6.30. The van der Waals surface area contributed by atoms with Crippen molar-refractivity contribution in [3.05, 3.63) is 68.7 Å². The van der Waals surface area contributed by atoms with Crippen molar-refractivity contribution in [3.8, 4) is 0 Å². The lowest BCUT2D eigenvalue weighted by molar-refractivity contribution is 0.574. The lowest BCUT2D eigenvalue weighted by Gasteiger charge is -2.15. The number of nitrogens with one attached hydrogen (secondary N) is 1. The zero-order valence-electron chi connectivity index (χ0n) is 11.1. The highest BCUT2D eigenvalue weighted by Crippen LogP contribution is 2.23. The van der Waals surface area contributed by atoms with Crippen LogP contribution in [0.5, 0.6) is 0 Å². The molecule has 3 heteroatoms. The molecule has 0 unspecified atom stereocenters. The maximum absolute atomic E-state index is 5.99. The Morgan fingerprint density at radius 2 is 2.00 bits per heavy atom. The van der Waals surface area contributed by atoms with E-state index in [-0.39, 0.29) is 0 Å². The molecule has 0 saturated carbocycles. The fourth-order valence-electron chi connectivity index (χ4n) is 1.98. The fourth-order valence-corrected chi connectivity index (χ4v) is 2.52. The molecular formula is C16H17BrClN. The summed E-state index contributed by atoms with van der Waals surface area (Å²) in [7, 11) is 0. The average Bonchev–Trinajstić information content (AvgIpc) is 2.40. The van der Waals surface area contributed by atoms with Crippen molar-refractivity contribution >= 4 is 27.5 Å². The van der Waals surface area contributed by atoms with E-state index in [9.17, 15) is 0 Å². The molecule has 0 bridgehead atoms. The molecule has 0 aromatic heterocycles. The monoisotopic (exact) mass is 337 g/mol. The third-order valence-corrected chi connectivity index (χ3v) is 4.35. The van der Waals surface area contributed by atoms with Crippen LogP contribution in [-0.4, -0.2) is 0 Å². The summed E-state index contributed by atoms with van der Waals surface area (Å²) in [4.78, 5) is 0. The largest absolute Gasteiger partial charge is 0.306 e. The van der Waals surface area contributed by atoms with Crippen LogP contribution in [0.1, 0.15) is 29.7 Å². The van der Waals surface area contributed by atoms with Crippen LogP contribution in [0, 0.1) is 6.92 Å². The molecule has 0 radical (unpaired) electrons. The number of aryl methyl sites for hydroxylation is 1. The van der Waals surface area contributed by atoms with Gasteiger partial charge in [0.15, 0.2) is 0 Å². The summed E-state index contributed by atoms with van der Waals surface area (Å²) in [6, 6.07) is 14.9. The van der Waals surface area contributed by atoms with Gasteiger partial charge in [-0.1, -0.05) is 47.5 Å². The molecule has 2 aromatic carbocycles. The number of benzene rings is 2. The van der Waals surface area contributed by atoms with Gasteiger partial charge in [0, 0.05) is 17.1 Å². The van der Waals surface area contributed by atoms with E-state index < -0.39 is 0 Å².